The van der Waals surface area contributed by atoms with Crippen LogP contribution in [0.3, 0.4) is 0 Å². The maximum Gasteiger partial charge on any atom is 0.262 e. The lowest BCUT2D eigenvalue weighted by atomic mass is 10.1. The van der Waals surface area contributed by atoms with Crippen LogP contribution in [-0.2, 0) is 0 Å². The van der Waals surface area contributed by atoms with Crippen LogP contribution >= 0.6 is 0 Å². The number of carbonyl (C=O) groups is 3. The fourth-order valence-electron chi connectivity index (χ4n) is 5.92. The number of aromatic nitrogens is 2. The van der Waals surface area contributed by atoms with Gasteiger partial charge in [-0.05, 0) is 93.4 Å². The maximum atomic E-state index is 13.7. The quantitative estimate of drug-likeness (QED) is 0.151. The van der Waals surface area contributed by atoms with E-state index < -0.39 is 5.91 Å². The van der Waals surface area contributed by atoms with Crippen molar-refractivity contribution in [3.8, 4) is 17.4 Å². The standard InChI is InChI=1S/C39H47N7O5/c1-7-45(8-2)23-22-44(5)37(48)28-14-17-30(18-15-28)41-39-40-25-31(35(47)42-34-26(3)12-11-13-27(34)4)36(43-39)51-32-19-16-29(24-33(32)50-6)38(49)46-20-9-10-21-46/h11-19,24-25H,7-10,20-23H2,1-6H3,(H,42,47)(H,40,41,43). The number of likely N-dealkylation sites (N-methyl/N-ethyl adjacent to an activating group) is 2. The van der Waals surface area contributed by atoms with Crippen LogP contribution in [0.5, 0.6) is 17.4 Å². The van der Waals surface area contributed by atoms with Crippen molar-refractivity contribution in [2.24, 2.45) is 0 Å². The highest BCUT2D eigenvalue weighted by Crippen LogP contribution is 2.35. The molecule has 2 N–H and O–H groups in total. The molecule has 12 heteroatoms. The van der Waals surface area contributed by atoms with Gasteiger partial charge in [0.1, 0.15) is 5.56 Å². The molecule has 0 radical (unpaired) electrons. The molecule has 0 aliphatic carbocycles. The SMILES string of the molecule is CCN(CC)CCN(C)C(=O)c1ccc(Nc2ncc(C(=O)Nc3c(C)cccc3C)c(Oc3ccc(C(=O)N4CCCC4)cc3OC)n2)cc1. The Kier molecular flexibility index (Phi) is 12.2. The number of nitrogens with zero attached hydrogens (tertiary/aromatic N) is 5. The van der Waals surface area contributed by atoms with E-state index in [9.17, 15) is 14.4 Å². The minimum absolute atomic E-state index is 0.0187. The van der Waals surface area contributed by atoms with Gasteiger partial charge in [0.25, 0.3) is 17.7 Å². The Morgan fingerprint density at radius 1 is 0.882 bits per heavy atom. The molecule has 51 heavy (non-hydrogen) atoms. The largest absolute Gasteiger partial charge is 0.493 e. The summed E-state index contributed by atoms with van der Waals surface area (Å²) >= 11 is 0. The molecule has 2 heterocycles. The Balaban J connectivity index is 1.40. The van der Waals surface area contributed by atoms with Crippen molar-refractivity contribution in [3.63, 3.8) is 0 Å². The second-order valence-electron chi connectivity index (χ2n) is 12.6. The van der Waals surface area contributed by atoms with E-state index in [4.69, 9.17) is 9.47 Å². The third kappa shape index (κ3) is 9.01. The van der Waals surface area contributed by atoms with Gasteiger partial charge in [-0.1, -0.05) is 32.0 Å². The topological polar surface area (TPSA) is 129 Å². The lowest BCUT2D eigenvalue weighted by Gasteiger charge is -2.23. The molecule has 0 atom stereocenters. The number of nitrogens with one attached hydrogen (secondary N) is 2. The van der Waals surface area contributed by atoms with E-state index in [1.807, 2.05) is 36.9 Å². The zero-order valence-corrected chi connectivity index (χ0v) is 30.3. The Labute approximate surface area is 299 Å². The van der Waals surface area contributed by atoms with Crippen molar-refractivity contribution in [2.75, 3.05) is 64.1 Å². The average Bonchev–Trinajstić information content (AvgIpc) is 3.69. The molecule has 12 nitrogen and oxygen atoms in total. The lowest BCUT2D eigenvalue weighted by Crippen LogP contribution is -2.36. The number of methoxy groups -OCH3 is 1. The summed E-state index contributed by atoms with van der Waals surface area (Å²) in [5.41, 5.74) is 4.27. The monoisotopic (exact) mass is 693 g/mol. The summed E-state index contributed by atoms with van der Waals surface area (Å²) in [4.78, 5) is 54.7. The number of para-hydroxylation sites is 1. The van der Waals surface area contributed by atoms with Gasteiger partial charge in [-0.25, -0.2) is 4.98 Å². The molecule has 5 rings (SSSR count). The third-order valence-corrected chi connectivity index (χ3v) is 9.11. The molecule has 268 valence electrons. The number of likely N-dealkylation sites (tertiary alicyclic amines) is 1. The Bertz CT molecular complexity index is 1830. The van der Waals surface area contributed by atoms with Gasteiger partial charge < -0.3 is 34.8 Å². The van der Waals surface area contributed by atoms with Crippen molar-refractivity contribution >= 4 is 35.0 Å². The highest BCUT2D eigenvalue weighted by Gasteiger charge is 2.23. The number of ether oxygens (including phenoxy) is 2. The van der Waals surface area contributed by atoms with Gasteiger partial charge in [0.15, 0.2) is 11.5 Å². The number of anilines is 3. The summed E-state index contributed by atoms with van der Waals surface area (Å²) < 4.78 is 11.9. The van der Waals surface area contributed by atoms with Crippen LogP contribution in [0.4, 0.5) is 17.3 Å². The minimum atomic E-state index is -0.457. The lowest BCUT2D eigenvalue weighted by molar-refractivity contribution is 0.0776. The molecule has 1 fully saturated rings. The second-order valence-corrected chi connectivity index (χ2v) is 12.6. The number of carbonyl (C=O) groups excluding carboxylic acids is 3. The van der Waals surface area contributed by atoms with E-state index in [2.05, 4.69) is 39.3 Å². The van der Waals surface area contributed by atoms with Gasteiger partial charge in [0.2, 0.25) is 11.8 Å². The van der Waals surface area contributed by atoms with Crippen LogP contribution in [0.15, 0.2) is 66.9 Å². The average molecular weight is 694 g/mol. The van der Waals surface area contributed by atoms with Crippen molar-refractivity contribution in [1.82, 2.24) is 24.7 Å². The predicted octanol–water partition coefficient (Wildman–Crippen LogP) is 6.54. The van der Waals surface area contributed by atoms with E-state index in [0.29, 0.717) is 34.8 Å². The first-order valence-electron chi connectivity index (χ1n) is 17.4. The number of hydrogen-bond donors (Lipinski definition) is 2. The Morgan fingerprint density at radius 2 is 1.55 bits per heavy atom. The van der Waals surface area contributed by atoms with Crippen molar-refractivity contribution in [2.45, 2.75) is 40.5 Å². The van der Waals surface area contributed by atoms with Gasteiger partial charge in [-0.2, -0.15) is 4.98 Å². The van der Waals surface area contributed by atoms with Gasteiger partial charge in [-0.3, -0.25) is 14.4 Å². The molecular weight excluding hydrogens is 646 g/mol. The van der Waals surface area contributed by atoms with Gasteiger partial charge in [0, 0.05) is 61.9 Å². The maximum absolute atomic E-state index is 13.7. The van der Waals surface area contributed by atoms with E-state index in [0.717, 1.165) is 56.7 Å². The Hall–Kier alpha value is -5.49. The van der Waals surface area contributed by atoms with Gasteiger partial charge >= 0.3 is 0 Å². The fraction of sp³-hybridized carbons (Fsp3) is 0.359. The molecule has 3 amide bonds. The highest BCUT2D eigenvalue weighted by atomic mass is 16.5. The molecule has 0 spiro atoms. The predicted molar refractivity (Wildman–Crippen MR) is 199 cm³/mol. The van der Waals surface area contributed by atoms with Crippen LogP contribution in [0.25, 0.3) is 0 Å². The zero-order valence-electron chi connectivity index (χ0n) is 30.3. The molecule has 1 aliphatic heterocycles. The molecule has 0 bridgehead atoms. The first-order valence-corrected chi connectivity index (χ1v) is 17.4. The molecule has 3 aromatic carbocycles. The number of aryl methyl sites for hydroxylation is 2. The van der Waals surface area contributed by atoms with Crippen molar-refractivity contribution in [1.29, 1.82) is 0 Å². The highest BCUT2D eigenvalue weighted by molar-refractivity contribution is 6.06. The Morgan fingerprint density at radius 3 is 2.20 bits per heavy atom. The third-order valence-electron chi connectivity index (χ3n) is 9.11. The van der Waals surface area contributed by atoms with Crippen LogP contribution in [0.2, 0.25) is 0 Å². The zero-order chi connectivity index (χ0) is 36.5. The smallest absolute Gasteiger partial charge is 0.262 e. The first kappa shape index (κ1) is 36.8. The summed E-state index contributed by atoms with van der Waals surface area (Å²) in [6.07, 6.45) is 3.36. The summed E-state index contributed by atoms with van der Waals surface area (Å²) in [5, 5.41) is 6.13. The molecule has 1 aliphatic rings. The summed E-state index contributed by atoms with van der Waals surface area (Å²) in [5.74, 6) is 0.145. The van der Waals surface area contributed by atoms with E-state index in [1.54, 1.807) is 54.4 Å². The van der Waals surface area contributed by atoms with Gasteiger partial charge in [-0.15, -0.1) is 0 Å². The summed E-state index contributed by atoms with van der Waals surface area (Å²) in [6, 6.07) is 17.8. The first-order chi connectivity index (χ1) is 24.6. The fourth-order valence-corrected chi connectivity index (χ4v) is 5.92. The van der Waals surface area contributed by atoms with Gasteiger partial charge in [0.05, 0.1) is 7.11 Å². The van der Waals surface area contributed by atoms with Crippen LogP contribution in [-0.4, -0.2) is 95.8 Å². The number of rotatable bonds is 14. The van der Waals surface area contributed by atoms with E-state index >= 15 is 0 Å². The van der Waals surface area contributed by atoms with E-state index in [1.165, 1.54) is 13.3 Å². The minimum Gasteiger partial charge on any atom is -0.493 e. The molecule has 4 aromatic rings. The second kappa shape index (κ2) is 16.9. The number of hydrogen-bond acceptors (Lipinski definition) is 9. The van der Waals surface area contributed by atoms with E-state index in [-0.39, 0.29) is 35.0 Å². The van der Waals surface area contributed by atoms with Crippen molar-refractivity contribution in [3.05, 3.63) is 94.7 Å². The molecule has 0 saturated carbocycles. The summed E-state index contributed by atoms with van der Waals surface area (Å²) in [6.45, 7) is 12.8. The van der Waals surface area contributed by atoms with Crippen LogP contribution in [0.1, 0.15) is 68.9 Å². The number of amides is 3. The molecular formula is C39H47N7O5. The van der Waals surface area contributed by atoms with Crippen LogP contribution in [0, 0.1) is 13.8 Å². The van der Waals surface area contributed by atoms with Crippen LogP contribution < -0.4 is 20.1 Å². The molecule has 0 unspecified atom stereocenters. The molecule has 1 aromatic heterocycles. The normalized spacial score (nSPS) is 12.5. The van der Waals surface area contributed by atoms with Crippen molar-refractivity contribution < 1.29 is 23.9 Å². The molecule has 1 saturated heterocycles. The number of benzene rings is 3. The summed E-state index contributed by atoms with van der Waals surface area (Å²) in [7, 11) is 3.30.